The summed E-state index contributed by atoms with van der Waals surface area (Å²) in [7, 11) is 0. The first kappa shape index (κ1) is 16.1. The fraction of sp³-hybridized carbons (Fsp3) is 0.846. The molecule has 0 saturated carbocycles. The summed E-state index contributed by atoms with van der Waals surface area (Å²) < 4.78 is 0. The van der Waals surface area contributed by atoms with Gasteiger partial charge in [0.2, 0.25) is 0 Å². The predicted octanol–water partition coefficient (Wildman–Crippen LogP) is 2.22. The van der Waals surface area contributed by atoms with Crippen molar-refractivity contribution in [2.75, 3.05) is 18.1 Å². The first-order valence-corrected chi connectivity index (χ1v) is 8.18. The lowest BCUT2D eigenvalue weighted by Crippen LogP contribution is -2.44. The molecule has 1 atom stereocenters. The molecule has 1 aliphatic rings. The third-order valence-electron chi connectivity index (χ3n) is 3.10. The maximum atomic E-state index is 11.6. The molecule has 0 aliphatic carbocycles. The SMILES string of the molecule is O=C(O)CCCCCCNC(=O)NC1CCCSC1. The Morgan fingerprint density at radius 2 is 2.00 bits per heavy atom. The van der Waals surface area contributed by atoms with Gasteiger partial charge in [-0.2, -0.15) is 11.8 Å². The maximum absolute atomic E-state index is 11.6. The van der Waals surface area contributed by atoms with Gasteiger partial charge in [-0.3, -0.25) is 4.79 Å². The highest BCUT2D eigenvalue weighted by Gasteiger charge is 2.15. The van der Waals surface area contributed by atoms with E-state index >= 15 is 0 Å². The van der Waals surface area contributed by atoms with Crippen LogP contribution >= 0.6 is 11.8 Å². The third kappa shape index (κ3) is 8.75. The van der Waals surface area contributed by atoms with Crippen LogP contribution < -0.4 is 10.6 Å². The van der Waals surface area contributed by atoms with Gasteiger partial charge < -0.3 is 15.7 Å². The molecule has 1 heterocycles. The minimum atomic E-state index is -0.733. The summed E-state index contributed by atoms with van der Waals surface area (Å²) in [4.78, 5) is 21.9. The van der Waals surface area contributed by atoms with Crippen molar-refractivity contribution in [3.63, 3.8) is 0 Å². The topological polar surface area (TPSA) is 78.4 Å². The van der Waals surface area contributed by atoms with Gasteiger partial charge in [0.15, 0.2) is 0 Å². The molecule has 2 amide bonds. The first-order valence-electron chi connectivity index (χ1n) is 7.02. The summed E-state index contributed by atoms with van der Waals surface area (Å²) in [6.07, 6.45) is 6.01. The van der Waals surface area contributed by atoms with Gasteiger partial charge in [-0.25, -0.2) is 4.79 Å². The Morgan fingerprint density at radius 1 is 1.21 bits per heavy atom. The Morgan fingerprint density at radius 3 is 2.68 bits per heavy atom. The van der Waals surface area contributed by atoms with Crippen LogP contribution in [0.2, 0.25) is 0 Å². The van der Waals surface area contributed by atoms with E-state index in [0.717, 1.165) is 37.9 Å². The summed E-state index contributed by atoms with van der Waals surface area (Å²) in [5, 5.41) is 14.3. The number of carbonyl (C=O) groups excluding carboxylic acids is 1. The normalized spacial score (nSPS) is 18.8. The van der Waals surface area contributed by atoms with Crippen LogP contribution in [0.5, 0.6) is 0 Å². The van der Waals surface area contributed by atoms with E-state index in [4.69, 9.17) is 5.11 Å². The van der Waals surface area contributed by atoms with Crippen LogP contribution in [0.15, 0.2) is 0 Å². The molecule has 0 aromatic heterocycles. The van der Waals surface area contributed by atoms with Crippen LogP contribution in [0.3, 0.4) is 0 Å². The van der Waals surface area contributed by atoms with Gasteiger partial charge in [-0.15, -0.1) is 0 Å². The molecule has 1 saturated heterocycles. The Hall–Kier alpha value is -0.910. The largest absolute Gasteiger partial charge is 0.481 e. The van der Waals surface area contributed by atoms with Crippen LogP contribution in [-0.4, -0.2) is 41.2 Å². The number of urea groups is 1. The van der Waals surface area contributed by atoms with E-state index < -0.39 is 5.97 Å². The van der Waals surface area contributed by atoms with Gasteiger partial charge in [0.1, 0.15) is 0 Å². The molecule has 0 bridgehead atoms. The number of rotatable bonds is 8. The molecule has 110 valence electrons. The van der Waals surface area contributed by atoms with E-state index in [1.807, 2.05) is 11.8 Å². The van der Waals surface area contributed by atoms with Gasteiger partial charge >= 0.3 is 12.0 Å². The number of carbonyl (C=O) groups is 2. The Labute approximate surface area is 118 Å². The number of hydrogen-bond donors (Lipinski definition) is 3. The van der Waals surface area contributed by atoms with E-state index in [9.17, 15) is 9.59 Å². The summed E-state index contributed by atoms with van der Waals surface area (Å²) in [5.41, 5.74) is 0. The van der Waals surface area contributed by atoms with Crippen molar-refractivity contribution in [3.05, 3.63) is 0 Å². The highest BCUT2D eigenvalue weighted by atomic mass is 32.2. The van der Waals surface area contributed by atoms with E-state index in [2.05, 4.69) is 10.6 Å². The van der Waals surface area contributed by atoms with Crippen molar-refractivity contribution in [2.24, 2.45) is 0 Å². The minimum Gasteiger partial charge on any atom is -0.481 e. The van der Waals surface area contributed by atoms with Crippen LogP contribution in [0.25, 0.3) is 0 Å². The zero-order chi connectivity index (χ0) is 13.9. The van der Waals surface area contributed by atoms with E-state index in [-0.39, 0.29) is 12.5 Å². The number of carboxylic acid groups (broad SMARTS) is 1. The lowest BCUT2D eigenvalue weighted by molar-refractivity contribution is -0.137. The van der Waals surface area contributed by atoms with E-state index in [0.29, 0.717) is 12.6 Å². The van der Waals surface area contributed by atoms with Crippen molar-refractivity contribution >= 4 is 23.8 Å². The zero-order valence-corrected chi connectivity index (χ0v) is 12.1. The third-order valence-corrected chi connectivity index (χ3v) is 4.31. The predicted molar refractivity (Wildman–Crippen MR) is 77.6 cm³/mol. The molecule has 19 heavy (non-hydrogen) atoms. The molecule has 0 radical (unpaired) electrons. The highest BCUT2D eigenvalue weighted by molar-refractivity contribution is 7.99. The second kappa shape index (κ2) is 9.95. The summed E-state index contributed by atoms with van der Waals surface area (Å²) in [6.45, 7) is 0.665. The van der Waals surface area contributed by atoms with Crippen LogP contribution in [-0.2, 0) is 4.79 Å². The molecule has 0 spiro atoms. The van der Waals surface area contributed by atoms with Crippen LogP contribution in [0.1, 0.15) is 44.9 Å². The molecular weight excluding hydrogens is 264 g/mol. The Bertz CT molecular complexity index is 281. The van der Waals surface area contributed by atoms with Crippen molar-refractivity contribution in [1.29, 1.82) is 0 Å². The quantitative estimate of drug-likeness (QED) is 0.598. The number of amides is 2. The van der Waals surface area contributed by atoms with Gasteiger partial charge in [-0.05, 0) is 31.4 Å². The smallest absolute Gasteiger partial charge is 0.315 e. The molecule has 5 nitrogen and oxygen atoms in total. The average molecular weight is 288 g/mol. The first-order chi connectivity index (χ1) is 9.18. The number of unbranched alkanes of at least 4 members (excludes halogenated alkanes) is 3. The van der Waals surface area contributed by atoms with Crippen LogP contribution in [0, 0.1) is 0 Å². The summed E-state index contributed by atoms with van der Waals surface area (Å²) >= 11 is 1.89. The molecule has 3 N–H and O–H groups in total. The second-order valence-corrected chi connectivity index (χ2v) is 6.02. The number of hydrogen-bond acceptors (Lipinski definition) is 3. The van der Waals surface area contributed by atoms with E-state index in [1.54, 1.807) is 0 Å². The fourth-order valence-corrected chi connectivity index (χ4v) is 3.12. The molecule has 6 heteroatoms. The molecule has 1 aliphatic heterocycles. The fourth-order valence-electron chi connectivity index (χ4n) is 2.05. The molecule has 0 aromatic rings. The number of aliphatic carboxylic acids is 1. The Balaban J connectivity index is 1.90. The number of thioether (sulfide) groups is 1. The number of nitrogens with one attached hydrogen (secondary N) is 2. The van der Waals surface area contributed by atoms with Crippen molar-refractivity contribution in [1.82, 2.24) is 10.6 Å². The number of carboxylic acids is 1. The monoisotopic (exact) mass is 288 g/mol. The second-order valence-electron chi connectivity index (χ2n) is 4.87. The Kier molecular flexibility index (Phi) is 8.45. The van der Waals surface area contributed by atoms with Gasteiger partial charge in [0, 0.05) is 24.8 Å². The lowest BCUT2D eigenvalue weighted by atomic mass is 10.1. The maximum Gasteiger partial charge on any atom is 0.315 e. The molecule has 1 unspecified atom stereocenters. The minimum absolute atomic E-state index is 0.0713. The average Bonchev–Trinajstić information content (AvgIpc) is 2.38. The molecule has 1 fully saturated rings. The van der Waals surface area contributed by atoms with Gasteiger partial charge in [0.05, 0.1) is 0 Å². The standard InChI is InChI=1S/C13H24N2O3S/c16-12(17)7-3-1-2-4-8-14-13(18)15-11-6-5-9-19-10-11/h11H,1-10H2,(H,16,17)(H2,14,15,18). The summed E-state index contributed by atoms with van der Waals surface area (Å²) in [6, 6.07) is 0.243. The van der Waals surface area contributed by atoms with Crippen molar-refractivity contribution in [2.45, 2.75) is 51.0 Å². The van der Waals surface area contributed by atoms with E-state index in [1.165, 1.54) is 12.2 Å². The van der Waals surface area contributed by atoms with Gasteiger partial charge in [-0.1, -0.05) is 12.8 Å². The molecule has 0 aromatic carbocycles. The van der Waals surface area contributed by atoms with Crippen LogP contribution in [0.4, 0.5) is 4.79 Å². The lowest BCUT2D eigenvalue weighted by Gasteiger charge is -2.22. The summed E-state index contributed by atoms with van der Waals surface area (Å²) in [5.74, 6) is 1.49. The van der Waals surface area contributed by atoms with Crippen molar-refractivity contribution in [3.8, 4) is 0 Å². The highest BCUT2D eigenvalue weighted by Crippen LogP contribution is 2.16. The van der Waals surface area contributed by atoms with Gasteiger partial charge in [0.25, 0.3) is 0 Å². The zero-order valence-electron chi connectivity index (χ0n) is 11.3. The molecule has 1 rings (SSSR count). The van der Waals surface area contributed by atoms with Crippen molar-refractivity contribution < 1.29 is 14.7 Å². The molecular formula is C13H24N2O3S.